The molecule has 0 aromatic carbocycles. The van der Waals surface area contributed by atoms with Gasteiger partial charge in [-0.2, -0.15) is 11.3 Å². The van der Waals surface area contributed by atoms with Gasteiger partial charge in [0.15, 0.2) is 6.10 Å². The number of hydrogen-bond donors (Lipinski definition) is 2. The summed E-state index contributed by atoms with van der Waals surface area (Å²) < 4.78 is 0. The van der Waals surface area contributed by atoms with Crippen LogP contribution in [-0.4, -0.2) is 22.3 Å². The van der Waals surface area contributed by atoms with Crippen LogP contribution in [0.3, 0.4) is 0 Å². The second-order valence-corrected chi connectivity index (χ2v) is 3.66. The molecular formula is C9H12O3S. The van der Waals surface area contributed by atoms with Gasteiger partial charge in [0.2, 0.25) is 0 Å². The van der Waals surface area contributed by atoms with Crippen LogP contribution >= 0.6 is 11.3 Å². The van der Waals surface area contributed by atoms with E-state index < -0.39 is 12.1 Å². The summed E-state index contributed by atoms with van der Waals surface area (Å²) in [5, 5.41) is 21.4. The summed E-state index contributed by atoms with van der Waals surface area (Å²) in [6.45, 7) is 0. The SMILES string of the molecule is O=C(O)C(O)CCCc1ccsc1. The van der Waals surface area contributed by atoms with E-state index in [9.17, 15) is 4.79 Å². The molecule has 1 rings (SSSR count). The zero-order valence-electron chi connectivity index (χ0n) is 7.14. The topological polar surface area (TPSA) is 57.5 Å². The number of carboxylic acids is 1. The zero-order chi connectivity index (χ0) is 9.68. The molecule has 0 saturated carbocycles. The third-order valence-electron chi connectivity index (χ3n) is 1.81. The molecule has 1 heterocycles. The highest BCUT2D eigenvalue weighted by Gasteiger charge is 2.11. The molecule has 4 heteroatoms. The second-order valence-electron chi connectivity index (χ2n) is 2.88. The fraction of sp³-hybridized carbons (Fsp3) is 0.444. The number of aryl methyl sites for hydroxylation is 1. The highest BCUT2D eigenvalue weighted by atomic mass is 32.1. The quantitative estimate of drug-likeness (QED) is 0.757. The van der Waals surface area contributed by atoms with Crippen LogP contribution in [0.5, 0.6) is 0 Å². The Morgan fingerprint density at radius 1 is 1.62 bits per heavy atom. The van der Waals surface area contributed by atoms with Crippen molar-refractivity contribution in [2.45, 2.75) is 25.4 Å². The maximum atomic E-state index is 10.2. The van der Waals surface area contributed by atoms with Crippen LogP contribution in [0.25, 0.3) is 0 Å². The van der Waals surface area contributed by atoms with Crippen molar-refractivity contribution in [2.75, 3.05) is 0 Å². The number of aliphatic hydroxyl groups is 1. The van der Waals surface area contributed by atoms with Crippen LogP contribution < -0.4 is 0 Å². The van der Waals surface area contributed by atoms with Gasteiger partial charge in [-0.15, -0.1) is 0 Å². The van der Waals surface area contributed by atoms with Crippen molar-refractivity contribution < 1.29 is 15.0 Å². The van der Waals surface area contributed by atoms with Gasteiger partial charge in [-0.3, -0.25) is 0 Å². The number of carboxylic acid groups (broad SMARTS) is 1. The summed E-state index contributed by atoms with van der Waals surface area (Å²) >= 11 is 1.63. The van der Waals surface area contributed by atoms with Crippen LogP contribution in [0.1, 0.15) is 18.4 Å². The first-order chi connectivity index (χ1) is 6.20. The second kappa shape index (κ2) is 4.99. The number of carbonyl (C=O) groups is 1. The maximum Gasteiger partial charge on any atom is 0.332 e. The van der Waals surface area contributed by atoms with Gasteiger partial charge in [-0.1, -0.05) is 0 Å². The summed E-state index contributed by atoms with van der Waals surface area (Å²) in [5.74, 6) is -1.13. The number of aliphatic carboxylic acids is 1. The number of rotatable bonds is 5. The minimum atomic E-state index is -1.21. The molecule has 0 radical (unpaired) electrons. The first-order valence-electron chi connectivity index (χ1n) is 4.12. The van der Waals surface area contributed by atoms with E-state index in [4.69, 9.17) is 10.2 Å². The molecule has 0 aliphatic heterocycles. The molecule has 13 heavy (non-hydrogen) atoms. The van der Waals surface area contributed by atoms with Gasteiger partial charge in [0, 0.05) is 0 Å². The van der Waals surface area contributed by atoms with Crippen LogP contribution in [0, 0.1) is 0 Å². The minimum Gasteiger partial charge on any atom is -0.479 e. The molecule has 1 unspecified atom stereocenters. The number of aliphatic hydroxyl groups excluding tert-OH is 1. The lowest BCUT2D eigenvalue weighted by Gasteiger charge is -2.03. The lowest BCUT2D eigenvalue weighted by atomic mass is 10.1. The molecule has 72 valence electrons. The Kier molecular flexibility index (Phi) is 3.92. The molecule has 1 aromatic rings. The van der Waals surface area contributed by atoms with Crippen molar-refractivity contribution >= 4 is 17.3 Å². The first kappa shape index (κ1) is 10.2. The molecular weight excluding hydrogens is 188 g/mol. The van der Waals surface area contributed by atoms with E-state index in [2.05, 4.69) is 0 Å². The third kappa shape index (κ3) is 3.57. The molecule has 0 saturated heterocycles. The standard InChI is InChI=1S/C9H12O3S/c10-8(9(11)12)3-1-2-7-4-5-13-6-7/h4-6,8,10H,1-3H2,(H,11,12). The monoisotopic (exact) mass is 200 g/mol. The Morgan fingerprint density at radius 3 is 2.92 bits per heavy atom. The average Bonchev–Trinajstić information content (AvgIpc) is 2.56. The predicted molar refractivity (Wildman–Crippen MR) is 50.9 cm³/mol. The van der Waals surface area contributed by atoms with Gasteiger partial charge in [0.05, 0.1) is 0 Å². The van der Waals surface area contributed by atoms with Crippen LogP contribution in [-0.2, 0) is 11.2 Å². The van der Waals surface area contributed by atoms with E-state index in [-0.39, 0.29) is 0 Å². The van der Waals surface area contributed by atoms with Gasteiger partial charge < -0.3 is 10.2 Å². The zero-order valence-corrected chi connectivity index (χ0v) is 7.96. The van der Waals surface area contributed by atoms with E-state index in [1.54, 1.807) is 11.3 Å². The molecule has 0 aliphatic rings. The van der Waals surface area contributed by atoms with E-state index in [1.807, 2.05) is 16.8 Å². The normalized spacial score (nSPS) is 12.7. The molecule has 0 bridgehead atoms. The molecule has 1 atom stereocenters. The van der Waals surface area contributed by atoms with E-state index in [0.29, 0.717) is 12.8 Å². The van der Waals surface area contributed by atoms with Crippen molar-refractivity contribution in [3.63, 3.8) is 0 Å². The molecule has 0 aliphatic carbocycles. The van der Waals surface area contributed by atoms with Gasteiger partial charge in [0.1, 0.15) is 0 Å². The van der Waals surface area contributed by atoms with E-state index in [0.717, 1.165) is 6.42 Å². The van der Waals surface area contributed by atoms with E-state index >= 15 is 0 Å². The van der Waals surface area contributed by atoms with Gasteiger partial charge >= 0.3 is 5.97 Å². The fourth-order valence-electron chi connectivity index (χ4n) is 1.06. The third-order valence-corrected chi connectivity index (χ3v) is 2.54. The Hall–Kier alpha value is -0.870. The van der Waals surface area contributed by atoms with Crippen molar-refractivity contribution in [3.05, 3.63) is 22.4 Å². The fourth-order valence-corrected chi connectivity index (χ4v) is 1.76. The Labute approximate surface area is 80.6 Å². The summed E-state index contributed by atoms with van der Waals surface area (Å²) in [7, 11) is 0. The molecule has 3 nitrogen and oxygen atoms in total. The lowest BCUT2D eigenvalue weighted by molar-refractivity contribution is -0.146. The molecule has 1 aromatic heterocycles. The smallest absolute Gasteiger partial charge is 0.332 e. The van der Waals surface area contributed by atoms with Crippen LogP contribution in [0.15, 0.2) is 16.8 Å². The molecule has 2 N–H and O–H groups in total. The van der Waals surface area contributed by atoms with Crippen LogP contribution in [0.2, 0.25) is 0 Å². The summed E-state index contributed by atoms with van der Waals surface area (Å²) in [6, 6.07) is 2.01. The predicted octanol–water partition coefficient (Wildman–Crippen LogP) is 1.52. The summed E-state index contributed by atoms with van der Waals surface area (Å²) in [6.07, 6.45) is 0.669. The Morgan fingerprint density at radius 2 is 2.38 bits per heavy atom. The van der Waals surface area contributed by atoms with Crippen molar-refractivity contribution in [3.8, 4) is 0 Å². The van der Waals surface area contributed by atoms with Gasteiger partial charge in [-0.05, 0) is 41.7 Å². The summed E-state index contributed by atoms with van der Waals surface area (Å²) in [5.41, 5.74) is 1.21. The Balaban J connectivity index is 2.18. The lowest BCUT2D eigenvalue weighted by Crippen LogP contribution is -2.19. The maximum absolute atomic E-state index is 10.2. The highest BCUT2D eigenvalue weighted by Crippen LogP contribution is 2.10. The minimum absolute atomic E-state index is 0.325. The molecule has 0 fully saturated rings. The van der Waals surface area contributed by atoms with Gasteiger partial charge in [0.25, 0.3) is 0 Å². The Bertz CT molecular complexity index is 256. The molecule has 0 spiro atoms. The first-order valence-corrected chi connectivity index (χ1v) is 5.06. The molecule has 0 amide bonds. The van der Waals surface area contributed by atoms with E-state index in [1.165, 1.54) is 5.56 Å². The van der Waals surface area contributed by atoms with Crippen molar-refractivity contribution in [2.24, 2.45) is 0 Å². The highest BCUT2D eigenvalue weighted by molar-refractivity contribution is 7.07. The number of hydrogen-bond acceptors (Lipinski definition) is 3. The largest absolute Gasteiger partial charge is 0.479 e. The van der Waals surface area contributed by atoms with Crippen molar-refractivity contribution in [1.29, 1.82) is 0 Å². The van der Waals surface area contributed by atoms with Gasteiger partial charge in [-0.25, -0.2) is 4.79 Å². The van der Waals surface area contributed by atoms with Crippen LogP contribution in [0.4, 0.5) is 0 Å². The van der Waals surface area contributed by atoms with Crippen molar-refractivity contribution in [1.82, 2.24) is 0 Å². The number of thiophene rings is 1. The summed E-state index contributed by atoms with van der Waals surface area (Å²) in [4.78, 5) is 10.2. The average molecular weight is 200 g/mol.